The smallest absolute Gasteiger partial charge is 0.251 e. The monoisotopic (exact) mass is 385 g/mol. The van der Waals surface area contributed by atoms with Crippen LogP contribution in [0.3, 0.4) is 0 Å². The molecule has 1 aliphatic carbocycles. The summed E-state index contributed by atoms with van der Waals surface area (Å²) in [6.07, 6.45) is 4.20. The number of amides is 1. The van der Waals surface area contributed by atoms with Gasteiger partial charge in [0.2, 0.25) is 10.0 Å². The van der Waals surface area contributed by atoms with Crippen LogP contribution in [0.4, 0.5) is 0 Å². The number of benzene rings is 1. The molecular formula is C17H24ClN3O3S. The first kappa shape index (κ1) is 18.6. The second kappa shape index (κ2) is 7.61. The highest BCUT2D eigenvalue weighted by molar-refractivity contribution is 7.89. The lowest BCUT2D eigenvalue weighted by Gasteiger charge is -2.31. The standard InChI is InChI=1S/C17H24ClN3O3S/c1-20-8-10-21(11-9-20)25(23,24)16-12-13(6-7-15(16)18)17(22)19-14-4-2-3-5-14/h6-7,12,14H,2-5,8-11H2,1H3,(H,19,22). The normalized spacial score (nSPS) is 20.7. The summed E-state index contributed by atoms with van der Waals surface area (Å²) in [6.45, 7) is 2.21. The highest BCUT2D eigenvalue weighted by Gasteiger charge is 2.30. The van der Waals surface area contributed by atoms with Crippen LogP contribution >= 0.6 is 11.6 Å². The molecule has 8 heteroatoms. The van der Waals surface area contributed by atoms with E-state index in [9.17, 15) is 13.2 Å². The van der Waals surface area contributed by atoms with E-state index >= 15 is 0 Å². The maximum atomic E-state index is 12.9. The van der Waals surface area contributed by atoms with Crippen LogP contribution in [0.5, 0.6) is 0 Å². The van der Waals surface area contributed by atoms with Gasteiger partial charge in [-0.05, 0) is 38.1 Å². The Balaban J connectivity index is 1.82. The molecular weight excluding hydrogens is 362 g/mol. The SMILES string of the molecule is CN1CCN(S(=O)(=O)c2cc(C(=O)NC3CCCC3)ccc2Cl)CC1. The minimum absolute atomic E-state index is 0.0118. The first-order valence-corrected chi connectivity index (χ1v) is 10.5. The maximum Gasteiger partial charge on any atom is 0.251 e. The van der Waals surface area contributed by atoms with Gasteiger partial charge in [0.25, 0.3) is 5.91 Å². The summed E-state index contributed by atoms with van der Waals surface area (Å²) in [4.78, 5) is 14.5. The molecule has 3 rings (SSSR count). The third-order valence-corrected chi connectivity index (χ3v) is 7.34. The Labute approximate surface area is 154 Å². The van der Waals surface area contributed by atoms with Crippen molar-refractivity contribution >= 4 is 27.5 Å². The van der Waals surface area contributed by atoms with Gasteiger partial charge in [0.15, 0.2) is 0 Å². The zero-order valence-electron chi connectivity index (χ0n) is 14.4. The third kappa shape index (κ3) is 4.16. The Bertz CT molecular complexity index is 740. The van der Waals surface area contributed by atoms with Gasteiger partial charge in [0, 0.05) is 37.8 Å². The fourth-order valence-corrected chi connectivity index (χ4v) is 5.27. The Kier molecular flexibility index (Phi) is 5.68. The van der Waals surface area contributed by atoms with Gasteiger partial charge in [-0.3, -0.25) is 4.79 Å². The summed E-state index contributed by atoms with van der Waals surface area (Å²) < 4.78 is 27.3. The summed E-state index contributed by atoms with van der Waals surface area (Å²) in [5, 5.41) is 3.13. The molecule has 1 amide bonds. The van der Waals surface area contributed by atoms with Crippen LogP contribution in [0.15, 0.2) is 23.1 Å². The highest BCUT2D eigenvalue weighted by atomic mass is 35.5. The van der Waals surface area contributed by atoms with Gasteiger partial charge in [-0.25, -0.2) is 8.42 Å². The second-order valence-electron chi connectivity index (χ2n) is 6.81. The van der Waals surface area contributed by atoms with E-state index in [1.165, 1.54) is 16.4 Å². The molecule has 0 unspecified atom stereocenters. The summed E-state index contributed by atoms with van der Waals surface area (Å²) in [7, 11) is -1.74. The minimum atomic E-state index is -3.70. The number of piperazine rings is 1. The average molecular weight is 386 g/mol. The Morgan fingerprint density at radius 2 is 1.80 bits per heavy atom. The third-order valence-electron chi connectivity index (χ3n) is 4.96. The molecule has 138 valence electrons. The number of carbonyl (C=O) groups is 1. The van der Waals surface area contributed by atoms with Crippen molar-refractivity contribution in [2.45, 2.75) is 36.6 Å². The van der Waals surface area contributed by atoms with Crippen LogP contribution in [0.1, 0.15) is 36.0 Å². The predicted molar refractivity (Wildman–Crippen MR) is 97.4 cm³/mol. The van der Waals surface area contributed by atoms with Gasteiger partial charge in [-0.1, -0.05) is 24.4 Å². The summed E-state index contributed by atoms with van der Waals surface area (Å²) in [6, 6.07) is 4.66. The van der Waals surface area contributed by atoms with E-state index in [-0.39, 0.29) is 21.9 Å². The van der Waals surface area contributed by atoms with Crippen molar-refractivity contribution in [1.82, 2.24) is 14.5 Å². The van der Waals surface area contributed by atoms with Crippen molar-refractivity contribution in [2.75, 3.05) is 33.2 Å². The number of hydrogen-bond donors (Lipinski definition) is 1. The van der Waals surface area contributed by atoms with Crippen LogP contribution in [0.25, 0.3) is 0 Å². The Morgan fingerprint density at radius 1 is 1.16 bits per heavy atom. The van der Waals surface area contributed by atoms with Crippen molar-refractivity contribution in [3.8, 4) is 0 Å². The van der Waals surface area contributed by atoms with Crippen molar-refractivity contribution in [1.29, 1.82) is 0 Å². The molecule has 1 saturated carbocycles. The molecule has 1 aromatic rings. The quantitative estimate of drug-likeness (QED) is 0.860. The largest absolute Gasteiger partial charge is 0.349 e. The molecule has 1 heterocycles. The highest BCUT2D eigenvalue weighted by Crippen LogP contribution is 2.27. The minimum Gasteiger partial charge on any atom is -0.349 e. The zero-order valence-corrected chi connectivity index (χ0v) is 15.9. The fraction of sp³-hybridized carbons (Fsp3) is 0.588. The molecule has 6 nitrogen and oxygen atoms in total. The number of sulfonamides is 1. The van der Waals surface area contributed by atoms with Gasteiger partial charge in [0.1, 0.15) is 4.90 Å². The molecule has 0 spiro atoms. The lowest BCUT2D eigenvalue weighted by molar-refractivity contribution is 0.0937. The Morgan fingerprint density at radius 3 is 2.44 bits per heavy atom. The number of nitrogens with zero attached hydrogens (tertiary/aromatic N) is 2. The first-order valence-electron chi connectivity index (χ1n) is 8.67. The second-order valence-corrected chi connectivity index (χ2v) is 9.12. The molecule has 0 radical (unpaired) electrons. The molecule has 0 atom stereocenters. The van der Waals surface area contributed by atoms with Gasteiger partial charge in [0.05, 0.1) is 5.02 Å². The van der Waals surface area contributed by atoms with Gasteiger partial charge in [-0.2, -0.15) is 4.31 Å². The van der Waals surface area contributed by atoms with E-state index in [4.69, 9.17) is 11.6 Å². The van der Waals surface area contributed by atoms with Crippen molar-refractivity contribution in [2.24, 2.45) is 0 Å². The molecule has 0 aromatic heterocycles. The molecule has 2 fully saturated rings. The molecule has 2 aliphatic rings. The van der Waals surface area contributed by atoms with Gasteiger partial charge < -0.3 is 10.2 Å². The number of halogens is 1. The van der Waals surface area contributed by atoms with Crippen molar-refractivity contribution in [3.63, 3.8) is 0 Å². The maximum absolute atomic E-state index is 12.9. The molecule has 1 aliphatic heterocycles. The van der Waals surface area contributed by atoms with E-state index in [2.05, 4.69) is 10.2 Å². The lowest BCUT2D eigenvalue weighted by atomic mass is 10.2. The molecule has 1 saturated heterocycles. The summed E-state index contributed by atoms with van der Waals surface area (Å²) >= 11 is 6.16. The average Bonchev–Trinajstić information content (AvgIpc) is 3.08. The predicted octanol–water partition coefficient (Wildman–Crippen LogP) is 1.95. The van der Waals surface area contributed by atoms with Crippen LogP contribution in [-0.4, -0.2) is 62.8 Å². The first-order chi connectivity index (χ1) is 11.9. The van der Waals surface area contributed by atoms with E-state index in [1.807, 2.05) is 7.05 Å². The number of likely N-dealkylation sites (N-methyl/N-ethyl adjacent to an activating group) is 1. The van der Waals surface area contributed by atoms with Gasteiger partial charge >= 0.3 is 0 Å². The lowest BCUT2D eigenvalue weighted by Crippen LogP contribution is -2.47. The number of hydrogen-bond acceptors (Lipinski definition) is 4. The van der Waals surface area contributed by atoms with Crippen LogP contribution in [-0.2, 0) is 10.0 Å². The van der Waals surface area contributed by atoms with E-state index in [0.717, 1.165) is 25.7 Å². The number of rotatable bonds is 4. The van der Waals surface area contributed by atoms with E-state index in [1.54, 1.807) is 6.07 Å². The molecule has 25 heavy (non-hydrogen) atoms. The van der Waals surface area contributed by atoms with Crippen molar-refractivity contribution in [3.05, 3.63) is 28.8 Å². The fourth-order valence-electron chi connectivity index (χ4n) is 3.35. The summed E-state index contributed by atoms with van der Waals surface area (Å²) in [5.41, 5.74) is 0.337. The Hall–Kier alpha value is -1.15. The zero-order chi connectivity index (χ0) is 18.0. The molecule has 1 aromatic carbocycles. The molecule has 1 N–H and O–H groups in total. The van der Waals surface area contributed by atoms with E-state index < -0.39 is 10.0 Å². The molecule has 0 bridgehead atoms. The summed E-state index contributed by atoms with van der Waals surface area (Å²) in [5.74, 6) is -0.238. The van der Waals surface area contributed by atoms with Crippen LogP contribution in [0.2, 0.25) is 5.02 Å². The van der Waals surface area contributed by atoms with Crippen LogP contribution in [0, 0.1) is 0 Å². The van der Waals surface area contributed by atoms with Crippen LogP contribution < -0.4 is 5.32 Å². The van der Waals surface area contributed by atoms with Gasteiger partial charge in [-0.15, -0.1) is 0 Å². The number of nitrogens with one attached hydrogen (secondary N) is 1. The van der Waals surface area contributed by atoms with Crippen molar-refractivity contribution < 1.29 is 13.2 Å². The van der Waals surface area contributed by atoms with E-state index in [0.29, 0.717) is 31.7 Å². The topological polar surface area (TPSA) is 69.7 Å². The number of carbonyl (C=O) groups excluding carboxylic acids is 1.